The standard InChI is InChI=1S/C11H18N2S/c1-8-3-4-9(2)11(12,7-8)10-13-5-6-14-10/h5-6,8-9H,3-4,7,12H2,1-2H3. The lowest BCUT2D eigenvalue weighted by Crippen LogP contribution is -2.47. The predicted molar refractivity (Wildman–Crippen MR) is 60.2 cm³/mol. The van der Waals surface area contributed by atoms with Crippen LogP contribution in [0.5, 0.6) is 0 Å². The summed E-state index contributed by atoms with van der Waals surface area (Å²) in [6.07, 6.45) is 5.49. The summed E-state index contributed by atoms with van der Waals surface area (Å²) in [5, 5.41) is 3.15. The highest BCUT2D eigenvalue weighted by Gasteiger charge is 2.40. The Morgan fingerprint density at radius 2 is 2.29 bits per heavy atom. The van der Waals surface area contributed by atoms with E-state index in [1.807, 2.05) is 11.6 Å². The monoisotopic (exact) mass is 210 g/mol. The van der Waals surface area contributed by atoms with Crippen molar-refractivity contribution < 1.29 is 0 Å². The van der Waals surface area contributed by atoms with Gasteiger partial charge in [0.05, 0.1) is 5.54 Å². The van der Waals surface area contributed by atoms with E-state index in [1.165, 1.54) is 12.8 Å². The van der Waals surface area contributed by atoms with E-state index in [4.69, 9.17) is 5.73 Å². The summed E-state index contributed by atoms with van der Waals surface area (Å²) in [7, 11) is 0. The first-order chi connectivity index (χ1) is 6.63. The molecule has 1 saturated carbocycles. The first kappa shape index (κ1) is 10.1. The quantitative estimate of drug-likeness (QED) is 0.774. The van der Waals surface area contributed by atoms with Gasteiger partial charge in [-0.25, -0.2) is 4.98 Å². The molecule has 0 bridgehead atoms. The summed E-state index contributed by atoms with van der Waals surface area (Å²) in [6, 6.07) is 0. The average Bonchev–Trinajstić information content (AvgIpc) is 2.65. The van der Waals surface area contributed by atoms with Crippen molar-refractivity contribution in [1.82, 2.24) is 4.98 Å². The zero-order valence-electron chi connectivity index (χ0n) is 8.86. The van der Waals surface area contributed by atoms with E-state index in [9.17, 15) is 0 Å². The van der Waals surface area contributed by atoms with Crippen LogP contribution in [0.4, 0.5) is 0 Å². The van der Waals surface area contributed by atoms with Crippen LogP contribution in [-0.2, 0) is 5.54 Å². The Hall–Kier alpha value is -0.410. The van der Waals surface area contributed by atoms with Crippen LogP contribution < -0.4 is 5.73 Å². The highest BCUT2D eigenvalue weighted by atomic mass is 32.1. The highest BCUT2D eigenvalue weighted by Crippen LogP contribution is 2.42. The van der Waals surface area contributed by atoms with Gasteiger partial charge in [0.1, 0.15) is 5.01 Å². The van der Waals surface area contributed by atoms with Gasteiger partial charge in [-0.05, 0) is 24.7 Å². The number of hydrogen-bond acceptors (Lipinski definition) is 3. The van der Waals surface area contributed by atoms with E-state index in [0.717, 1.165) is 17.3 Å². The molecule has 1 aliphatic rings. The van der Waals surface area contributed by atoms with Crippen molar-refractivity contribution in [3.63, 3.8) is 0 Å². The molecule has 1 fully saturated rings. The third-order valence-corrected chi connectivity index (χ3v) is 4.46. The van der Waals surface area contributed by atoms with Crippen molar-refractivity contribution >= 4 is 11.3 Å². The average molecular weight is 210 g/mol. The third kappa shape index (κ3) is 1.59. The number of hydrogen-bond donors (Lipinski definition) is 1. The van der Waals surface area contributed by atoms with Crippen LogP contribution in [0.15, 0.2) is 11.6 Å². The molecule has 14 heavy (non-hydrogen) atoms. The molecule has 0 aromatic carbocycles. The van der Waals surface area contributed by atoms with Crippen LogP contribution in [0.2, 0.25) is 0 Å². The van der Waals surface area contributed by atoms with Crippen LogP contribution in [-0.4, -0.2) is 4.98 Å². The van der Waals surface area contributed by atoms with Crippen molar-refractivity contribution in [2.24, 2.45) is 17.6 Å². The zero-order chi connectivity index (χ0) is 10.2. The Kier molecular flexibility index (Phi) is 2.62. The fourth-order valence-corrected chi connectivity index (χ4v) is 3.30. The second-order valence-electron chi connectivity index (χ2n) is 4.67. The summed E-state index contributed by atoms with van der Waals surface area (Å²) in [6.45, 7) is 4.55. The minimum atomic E-state index is -0.161. The number of thiazole rings is 1. The molecule has 0 aliphatic heterocycles. The fourth-order valence-electron chi connectivity index (χ4n) is 2.42. The van der Waals surface area contributed by atoms with E-state index in [-0.39, 0.29) is 5.54 Å². The lowest BCUT2D eigenvalue weighted by atomic mass is 9.70. The normalized spacial score (nSPS) is 38.5. The molecule has 0 amide bonds. The maximum Gasteiger partial charge on any atom is 0.113 e. The van der Waals surface area contributed by atoms with Gasteiger partial charge in [0.15, 0.2) is 0 Å². The molecular formula is C11H18N2S. The van der Waals surface area contributed by atoms with E-state index in [2.05, 4.69) is 18.8 Å². The summed E-state index contributed by atoms with van der Waals surface area (Å²) in [5.41, 5.74) is 6.35. The Morgan fingerprint density at radius 1 is 1.50 bits per heavy atom. The van der Waals surface area contributed by atoms with Crippen molar-refractivity contribution in [2.45, 2.75) is 38.6 Å². The summed E-state index contributed by atoms with van der Waals surface area (Å²) >= 11 is 1.70. The summed E-state index contributed by atoms with van der Waals surface area (Å²) < 4.78 is 0. The topological polar surface area (TPSA) is 38.9 Å². The van der Waals surface area contributed by atoms with Gasteiger partial charge in [-0.3, -0.25) is 0 Å². The van der Waals surface area contributed by atoms with Gasteiger partial charge in [0, 0.05) is 11.6 Å². The van der Waals surface area contributed by atoms with Gasteiger partial charge >= 0.3 is 0 Å². The van der Waals surface area contributed by atoms with Gasteiger partial charge in [-0.1, -0.05) is 20.3 Å². The number of rotatable bonds is 1. The smallest absolute Gasteiger partial charge is 0.113 e. The molecule has 2 rings (SSSR count). The van der Waals surface area contributed by atoms with Gasteiger partial charge in [0.2, 0.25) is 0 Å². The van der Waals surface area contributed by atoms with E-state index >= 15 is 0 Å². The largest absolute Gasteiger partial charge is 0.319 e. The van der Waals surface area contributed by atoms with Crippen molar-refractivity contribution in [3.8, 4) is 0 Å². The van der Waals surface area contributed by atoms with Gasteiger partial charge in [-0.15, -0.1) is 11.3 Å². The second kappa shape index (κ2) is 3.63. The molecule has 1 aliphatic carbocycles. The Labute approximate surface area is 89.5 Å². The highest BCUT2D eigenvalue weighted by molar-refractivity contribution is 7.09. The van der Waals surface area contributed by atoms with Crippen LogP contribution in [0.25, 0.3) is 0 Å². The molecule has 1 heterocycles. The first-order valence-corrected chi connectivity index (χ1v) is 6.19. The number of nitrogens with two attached hydrogens (primary N) is 1. The third-order valence-electron chi connectivity index (χ3n) is 3.49. The van der Waals surface area contributed by atoms with E-state index in [0.29, 0.717) is 5.92 Å². The molecule has 1 aromatic heterocycles. The zero-order valence-corrected chi connectivity index (χ0v) is 9.68. The fraction of sp³-hybridized carbons (Fsp3) is 0.727. The van der Waals surface area contributed by atoms with Crippen LogP contribution in [0.3, 0.4) is 0 Å². The number of aromatic nitrogens is 1. The van der Waals surface area contributed by atoms with E-state index < -0.39 is 0 Å². The van der Waals surface area contributed by atoms with Crippen LogP contribution >= 0.6 is 11.3 Å². The molecule has 0 spiro atoms. The maximum absolute atomic E-state index is 6.51. The Morgan fingerprint density at radius 3 is 2.93 bits per heavy atom. The Bertz CT molecular complexity index is 296. The van der Waals surface area contributed by atoms with Crippen molar-refractivity contribution in [3.05, 3.63) is 16.6 Å². The first-order valence-electron chi connectivity index (χ1n) is 5.32. The maximum atomic E-state index is 6.51. The summed E-state index contributed by atoms with van der Waals surface area (Å²) in [5.74, 6) is 1.30. The molecule has 2 nitrogen and oxygen atoms in total. The number of nitrogens with zero attached hydrogens (tertiary/aromatic N) is 1. The predicted octanol–water partition coefficient (Wildman–Crippen LogP) is 2.75. The molecule has 3 heteroatoms. The molecule has 2 N–H and O–H groups in total. The SMILES string of the molecule is CC1CCC(C)C(N)(c2nccs2)C1. The van der Waals surface area contributed by atoms with Crippen LogP contribution in [0.1, 0.15) is 38.1 Å². The van der Waals surface area contributed by atoms with Crippen molar-refractivity contribution in [1.29, 1.82) is 0 Å². The molecule has 0 saturated heterocycles. The Balaban J connectivity index is 2.28. The molecule has 3 unspecified atom stereocenters. The minimum Gasteiger partial charge on any atom is -0.319 e. The molecule has 0 radical (unpaired) electrons. The second-order valence-corrected chi connectivity index (χ2v) is 5.56. The lowest BCUT2D eigenvalue weighted by molar-refractivity contribution is 0.161. The van der Waals surface area contributed by atoms with Gasteiger partial charge in [0.25, 0.3) is 0 Å². The van der Waals surface area contributed by atoms with Gasteiger partial charge < -0.3 is 5.73 Å². The minimum absolute atomic E-state index is 0.161. The van der Waals surface area contributed by atoms with Crippen LogP contribution in [0, 0.1) is 11.8 Å². The molecule has 1 aromatic rings. The molecule has 3 atom stereocenters. The van der Waals surface area contributed by atoms with Crippen molar-refractivity contribution in [2.75, 3.05) is 0 Å². The molecular weight excluding hydrogens is 192 g/mol. The van der Waals surface area contributed by atoms with E-state index in [1.54, 1.807) is 11.3 Å². The lowest BCUT2D eigenvalue weighted by Gasteiger charge is -2.40. The summed E-state index contributed by atoms with van der Waals surface area (Å²) in [4.78, 5) is 4.39. The van der Waals surface area contributed by atoms with Gasteiger partial charge in [-0.2, -0.15) is 0 Å². The molecule has 78 valence electrons.